The van der Waals surface area contributed by atoms with Crippen LogP contribution in [-0.2, 0) is 4.74 Å². The number of nitrogens with zero attached hydrogens (tertiary/aromatic N) is 2. The molecule has 0 N–H and O–H groups in total. The SMILES string of the molecule is COC(=O)c1ccc(-c2cn([Si](C)(C)C(C)(C)C)c3ccccc23)nc1. The molecule has 0 unspecified atom stereocenters. The highest BCUT2D eigenvalue weighted by Gasteiger charge is 2.38. The molecule has 0 saturated heterocycles. The molecule has 4 nitrogen and oxygen atoms in total. The Labute approximate surface area is 155 Å². The lowest BCUT2D eigenvalue weighted by Gasteiger charge is -2.38. The summed E-state index contributed by atoms with van der Waals surface area (Å²) in [5, 5.41) is 1.41. The Hall–Kier alpha value is -2.40. The number of carbonyl (C=O) groups is 1. The van der Waals surface area contributed by atoms with Gasteiger partial charge in [-0.2, -0.15) is 0 Å². The third kappa shape index (κ3) is 2.96. The molecule has 26 heavy (non-hydrogen) atoms. The van der Waals surface area contributed by atoms with Gasteiger partial charge in [0.05, 0.1) is 18.4 Å². The Morgan fingerprint density at radius 2 is 1.81 bits per heavy atom. The van der Waals surface area contributed by atoms with E-state index in [0.717, 1.165) is 11.3 Å². The van der Waals surface area contributed by atoms with Crippen LogP contribution in [0.1, 0.15) is 31.1 Å². The molecule has 0 amide bonds. The second-order valence-electron chi connectivity index (χ2n) is 8.16. The fourth-order valence-electron chi connectivity index (χ4n) is 3.00. The van der Waals surface area contributed by atoms with Crippen molar-refractivity contribution >= 4 is 25.1 Å². The van der Waals surface area contributed by atoms with E-state index in [1.807, 2.05) is 6.07 Å². The first-order valence-electron chi connectivity index (χ1n) is 8.82. The quantitative estimate of drug-likeness (QED) is 0.464. The summed E-state index contributed by atoms with van der Waals surface area (Å²) in [6.45, 7) is 11.7. The van der Waals surface area contributed by atoms with Crippen molar-refractivity contribution in [2.24, 2.45) is 0 Å². The van der Waals surface area contributed by atoms with Gasteiger partial charge in [-0.1, -0.05) is 52.1 Å². The molecule has 0 aliphatic carbocycles. The third-order valence-corrected chi connectivity index (χ3v) is 10.9. The minimum absolute atomic E-state index is 0.216. The summed E-state index contributed by atoms with van der Waals surface area (Å²) >= 11 is 0. The summed E-state index contributed by atoms with van der Waals surface area (Å²) < 4.78 is 7.24. The summed E-state index contributed by atoms with van der Waals surface area (Å²) in [5.41, 5.74) is 3.67. The predicted octanol–water partition coefficient (Wildman–Crippen LogP) is 5.34. The van der Waals surface area contributed by atoms with Crippen molar-refractivity contribution in [3.8, 4) is 11.3 Å². The van der Waals surface area contributed by atoms with Gasteiger partial charge in [-0.05, 0) is 23.2 Å². The van der Waals surface area contributed by atoms with Crippen molar-refractivity contribution < 1.29 is 9.53 Å². The van der Waals surface area contributed by atoms with E-state index in [0.29, 0.717) is 5.56 Å². The predicted molar refractivity (Wildman–Crippen MR) is 109 cm³/mol. The molecule has 1 aromatic carbocycles. The molecule has 0 bridgehead atoms. The molecule has 3 aromatic rings. The van der Waals surface area contributed by atoms with Gasteiger partial charge >= 0.3 is 5.97 Å². The van der Waals surface area contributed by atoms with Crippen molar-refractivity contribution in [3.63, 3.8) is 0 Å². The number of methoxy groups -OCH3 is 1. The van der Waals surface area contributed by atoms with E-state index < -0.39 is 8.24 Å². The van der Waals surface area contributed by atoms with E-state index in [-0.39, 0.29) is 11.0 Å². The number of esters is 1. The van der Waals surface area contributed by atoms with Crippen LogP contribution in [-0.4, -0.2) is 30.5 Å². The second-order valence-corrected chi connectivity index (χ2v) is 13.3. The summed E-state index contributed by atoms with van der Waals surface area (Å²) in [6, 6.07) is 12.1. The smallest absolute Gasteiger partial charge is 0.339 e. The number of carbonyl (C=O) groups excluding carboxylic acids is 1. The summed E-state index contributed by atoms with van der Waals surface area (Å²) in [4.78, 5) is 16.2. The number of rotatable bonds is 3. The minimum atomic E-state index is -1.78. The molecule has 2 aromatic heterocycles. The molecule has 0 aliphatic heterocycles. The van der Waals surface area contributed by atoms with E-state index in [1.54, 1.807) is 12.3 Å². The molecule has 0 fully saturated rings. The second kappa shape index (κ2) is 6.40. The van der Waals surface area contributed by atoms with Crippen LogP contribution in [0.4, 0.5) is 0 Å². The maximum Gasteiger partial charge on any atom is 0.339 e. The van der Waals surface area contributed by atoms with E-state index in [2.05, 4.69) is 73.5 Å². The Morgan fingerprint density at radius 3 is 2.38 bits per heavy atom. The number of ether oxygens (including phenoxy) is 1. The van der Waals surface area contributed by atoms with Crippen molar-refractivity contribution in [1.82, 2.24) is 9.22 Å². The fourth-order valence-corrected chi connectivity index (χ4v) is 4.97. The number of benzene rings is 1. The van der Waals surface area contributed by atoms with Crippen LogP contribution < -0.4 is 0 Å². The first kappa shape index (κ1) is 18.4. The van der Waals surface area contributed by atoms with Crippen LogP contribution in [0.15, 0.2) is 48.8 Å². The summed E-state index contributed by atoms with van der Waals surface area (Å²) in [5.74, 6) is -0.368. The summed E-state index contributed by atoms with van der Waals surface area (Å²) in [7, 11) is -0.399. The summed E-state index contributed by atoms with van der Waals surface area (Å²) in [6.07, 6.45) is 3.82. The molecule has 136 valence electrons. The number of fused-ring (bicyclic) bond motifs is 1. The standard InChI is InChI=1S/C21H26N2O2Si/c1-21(2,3)26(5,6)23-14-17(16-9-7-8-10-19(16)23)18-12-11-15(13-22-18)20(24)25-4/h7-14H,1-6H3. The largest absolute Gasteiger partial charge is 0.465 e. The van der Waals surface area contributed by atoms with Crippen molar-refractivity contribution in [2.75, 3.05) is 7.11 Å². The zero-order valence-electron chi connectivity index (χ0n) is 16.3. The molecule has 5 heteroatoms. The monoisotopic (exact) mass is 366 g/mol. The molecule has 0 atom stereocenters. The van der Waals surface area contributed by atoms with Gasteiger partial charge in [0, 0.05) is 28.9 Å². The highest BCUT2D eigenvalue weighted by molar-refractivity contribution is 6.79. The van der Waals surface area contributed by atoms with Crippen LogP contribution in [0, 0.1) is 0 Å². The van der Waals surface area contributed by atoms with Gasteiger partial charge < -0.3 is 8.97 Å². The van der Waals surface area contributed by atoms with Crippen LogP contribution in [0.5, 0.6) is 0 Å². The molecular weight excluding hydrogens is 340 g/mol. The topological polar surface area (TPSA) is 44.1 Å². The molecular formula is C21H26N2O2Si. The lowest BCUT2D eigenvalue weighted by molar-refractivity contribution is 0.0600. The van der Waals surface area contributed by atoms with Gasteiger partial charge in [0.25, 0.3) is 0 Å². The van der Waals surface area contributed by atoms with Gasteiger partial charge in [-0.3, -0.25) is 4.98 Å². The van der Waals surface area contributed by atoms with Crippen molar-refractivity contribution in [2.45, 2.75) is 38.9 Å². The lowest BCUT2D eigenvalue weighted by atomic mass is 10.1. The zero-order valence-corrected chi connectivity index (χ0v) is 17.3. The van der Waals surface area contributed by atoms with E-state index in [1.165, 1.54) is 18.0 Å². The Kier molecular flexibility index (Phi) is 4.52. The first-order chi connectivity index (χ1) is 12.2. The first-order valence-corrected chi connectivity index (χ1v) is 11.8. The molecule has 0 aliphatic rings. The number of hydrogen-bond donors (Lipinski definition) is 0. The van der Waals surface area contributed by atoms with Gasteiger partial charge in [0.2, 0.25) is 0 Å². The zero-order chi connectivity index (χ0) is 19.1. The lowest BCUT2D eigenvalue weighted by Crippen LogP contribution is -2.44. The number of hydrogen-bond acceptors (Lipinski definition) is 3. The fraction of sp³-hybridized carbons (Fsp3) is 0.333. The van der Waals surface area contributed by atoms with Crippen LogP contribution >= 0.6 is 0 Å². The van der Waals surface area contributed by atoms with Gasteiger partial charge in [0.15, 0.2) is 8.24 Å². The van der Waals surface area contributed by atoms with E-state index in [9.17, 15) is 4.79 Å². The molecule has 0 spiro atoms. The Balaban J connectivity index is 2.18. The average Bonchev–Trinajstić information content (AvgIpc) is 3.00. The van der Waals surface area contributed by atoms with Crippen molar-refractivity contribution in [3.05, 3.63) is 54.4 Å². The highest BCUT2D eigenvalue weighted by atomic mass is 28.3. The van der Waals surface area contributed by atoms with Crippen molar-refractivity contribution in [1.29, 1.82) is 0 Å². The van der Waals surface area contributed by atoms with Crippen LogP contribution in [0.3, 0.4) is 0 Å². The molecule has 0 radical (unpaired) electrons. The third-order valence-electron chi connectivity index (χ3n) is 5.61. The number of aromatic nitrogens is 2. The minimum Gasteiger partial charge on any atom is -0.465 e. The van der Waals surface area contributed by atoms with Crippen LogP contribution in [0.2, 0.25) is 18.1 Å². The van der Waals surface area contributed by atoms with Gasteiger partial charge in [-0.25, -0.2) is 4.79 Å². The Morgan fingerprint density at radius 1 is 1.12 bits per heavy atom. The van der Waals surface area contributed by atoms with Gasteiger partial charge in [-0.15, -0.1) is 0 Å². The van der Waals surface area contributed by atoms with E-state index in [4.69, 9.17) is 4.74 Å². The molecule has 2 heterocycles. The maximum atomic E-state index is 11.7. The van der Waals surface area contributed by atoms with Crippen LogP contribution in [0.25, 0.3) is 22.2 Å². The maximum absolute atomic E-state index is 11.7. The normalized spacial score (nSPS) is 12.4. The Bertz CT molecular complexity index is 950. The average molecular weight is 367 g/mol. The number of para-hydroxylation sites is 1. The number of pyridine rings is 1. The van der Waals surface area contributed by atoms with E-state index >= 15 is 0 Å². The molecule has 0 saturated carbocycles. The highest BCUT2D eigenvalue weighted by Crippen LogP contribution is 2.41. The van der Waals surface area contributed by atoms with Gasteiger partial charge in [0.1, 0.15) is 0 Å². The molecule has 3 rings (SSSR count).